The summed E-state index contributed by atoms with van der Waals surface area (Å²) >= 11 is 2.99. The molecule has 11 heavy (non-hydrogen) atoms. The van der Waals surface area contributed by atoms with Gasteiger partial charge in [-0.1, -0.05) is 22.9 Å². The van der Waals surface area contributed by atoms with Crippen LogP contribution < -0.4 is 0 Å². The zero-order valence-corrected chi connectivity index (χ0v) is 9.24. The highest BCUT2D eigenvalue weighted by Crippen LogP contribution is 2.29. The molecule has 5 heteroatoms. The summed E-state index contributed by atoms with van der Waals surface area (Å²) in [6, 6.07) is 0. The van der Waals surface area contributed by atoms with Crippen LogP contribution in [0.25, 0.3) is 0 Å². The number of halogens is 1. The summed E-state index contributed by atoms with van der Waals surface area (Å²) in [5, 5.41) is 9.12. The lowest BCUT2D eigenvalue weighted by Gasteiger charge is -2.24. The Labute approximate surface area is 75.9 Å². The fourth-order valence-electron chi connectivity index (χ4n) is 0.542. The van der Waals surface area contributed by atoms with Gasteiger partial charge in [0.1, 0.15) is 3.66 Å². The van der Waals surface area contributed by atoms with E-state index < -0.39 is 19.6 Å². The third-order valence-corrected chi connectivity index (χ3v) is 6.19. The largest absolute Gasteiger partial charge is 0.391 e. The van der Waals surface area contributed by atoms with Crippen LogP contribution in [0.4, 0.5) is 0 Å². The van der Waals surface area contributed by atoms with Crippen molar-refractivity contribution in [2.75, 3.05) is 5.75 Å². The van der Waals surface area contributed by atoms with E-state index in [2.05, 4.69) is 15.9 Å². The van der Waals surface area contributed by atoms with Crippen LogP contribution >= 0.6 is 15.9 Å². The van der Waals surface area contributed by atoms with Gasteiger partial charge in [0.15, 0.2) is 9.84 Å². The van der Waals surface area contributed by atoms with Crippen molar-refractivity contribution in [2.45, 2.75) is 30.5 Å². The van der Waals surface area contributed by atoms with E-state index in [0.717, 1.165) is 0 Å². The van der Waals surface area contributed by atoms with Crippen molar-refractivity contribution in [1.82, 2.24) is 0 Å². The quantitative estimate of drug-likeness (QED) is 0.752. The summed E-state index contributed by atoms with van der Waals surface area (Å²) in [7, 11) is -3.23. The lowest BCUT2D eigenvalue weighted by Crippen LogP contribution is -2.40. The first-order chi connectivity index (χ1) is 4.75. The second kappa shape index (κ2) is 3.41. The first kappa shape index (κ1) is 11.4. The number of hydrogen-bond donors (Lipinski definition) is 1. The minimum Gasteiger partial charge on any atom is -0.391 e. The molecule has 0 aliphatic heterocycles. The predicted molar refractivity (Wildman–Crippen MR) is 48.5 cm³/mol. The fraction of sp³-hybridized carbons (Fsp3) is 1.00. The van der Waals surface area contributed by atoms with Gasteiger partial charge in [-0.15, -0.1) is 0 Å². The molecule has 0 aliphatic carbocycles. The molecular formula is C6H13BrO3S. The van der Waals surface area contributed by atoms with Gasteiger partial charge < -0.3 is 5.11 Å². The van der Waals surface area contributed by atoms with Crippen molar-refractivity contribution in [3.05, 3.63) is 0 Å². The van der Waals surface area contributed by atoms with E-state index >= 15 is 0 Å². The third-order valence-electron chi connectivity index (χ3n) is 1.73. The van der Waals surface area contributed by atoms with Crippen LogP contribution in [0.5, 0.6) is 0 Å². The van der Waals surface area contributed by atoms with Crippen LogP contribution in [-0.4, -0.2) is 29.0 Å². The van der Waals surface area contributed by atoms with Gasteiger partial charge in [-0.25, -0.2) is 8.42 Å². The van der Waals surface area contributed by atoms with Gasteiger partial charge in [-0.2, -0.15) is 0 Å². The Morgan fingerprint density at radius 1 is 1.64 bits per heavy atom. The molecule has 0 saturated heterocycles. The van der Waals surface area contributed by atoms with Gasteiger partial charge in [-0.3, -0.25) is 0 Å². The van der Waals surface area contributed by atoms with E-state index in [-0.39, 0.29) is 5.75 Å². The summed E-state index contributed by atoms with van der Waals surface area (Å²) in [6.45, 7) is 4.45. The summed E-state index contributed by atoms with van der Waals surface area (Å²) in [6.07, 6.45) is -0.910. The number of hydrogen-bond acceptors (Lipinski definition) is 3. The predicted octanol–water partition coefficient (Wildman–Crippen LogP) is 0.913. The monoisotopic (exact) mass is 244 g/mol. The summed E-state index contributed by atoms with van der Waals surface area (Å²) in [5.41, 5.74) is 0. The summed E-state index contributed by atoms with van der Waals surface area (Å²) < 4.78 is 21.3. The van der Waals surface area contributed by atoms with Gasteiger partial charge in [0, 0.05) is 5.75 Å². The molecule has 0 unspecified atom stereocenters. The molecule has 68 valence electrons. The minimum absolute atomic E-state index is 0.0274. The van der Waals surface area contributed by atoms with Gasteiger partial charge in [-0.05, 0) is 13.8 Å². The second-order valence-electron chi connectivity index (χ2n) is 2.57. The maximum absolute atomic E-state index is 11.3. The number of aliphatic hydroxyl groups is 1. The molecule has 2 atom stereocenters. The van der Waals surface area contributed by atoms with E-state index in [0.29, 0.717) is 0 Å². The van der Waals surface area contributed by atoms with Crippen molar-refractivity contribution in [1.29, 1.82) is 0 Å². The molecule has 0 aromatic heterocycles. The van der Waals surface area contributed by atoms with Crippen LogP contribution in [0.1, 0.15) is 20.8 Å². The molecule has 1 N–H and O–H groups in total. The van der Waals surface area contributed by atoms with Crippen LogP contribution in [0.15, 0.2) is 0 Å². The van der Waals surface area contributed by atoms with Crippen molar-refractivity contribution >= 4 is 25.8 Å². The van der Waals surface area contributed by atoms with Gasteiger partial charge in [0.2, 0.25) is 0 Å². The molecule has 0 aliphatic rings. The highest BCUT2D eigenvalue weighted by Gasteiger charge is 2.39. The van der Waals surface area contributed by atoms with Gasteiger partial charge >= 0.3 is 0 Å². The zero-order valence-electron chi connectivity index (χ0n) is 6.83. The molecule has 0 aromatic rings. The number of sulfone groups is 1. The molecule has 0 aromatic carbocycles. The average molecular weight is 245 g/mol. The molecule has 0 spiro atoms. The first-order valence-corrected chi connectivity index (χ1v) is 5.79. The van der Waals surface area contributed by atoms with E-state index in [1.807, 2.05) is 0 Å². The zero-order chi connectivity index (χ0) is 9.28. The maximum atomic E-state index is 11.3. The summed E-state index contributed by atoms with van der Waals surface area (Å²) in [5.74, 6) is 0.0274. The van der Waals surface area contributed by atoms with Gasteiger partial charge in [0.05, 0.1) is 6.10 Å². The highest BCUT2D eigenvalue weighted by molar-refractivity contribution is 9.11. The van der Waals surface area contributed by atoms with E-state index in [9.17, 15) is 8.42 Å². The SMILES string of the molecule is CCS(=O)(=O)[C@@](C)(Br)[C@H](C)O. The average Bonchev–Trinajstić information content (AvgIpc) is 1.87. The molecule has 0 heterocycles. The van der Waals surface area contributed by atoms with Crippen molar-refractivity contribution in [3.8, 4) is 0 Å². The molecule has 0 rings (SSSR count). The van der Waals surface area contributed by atoms with Crippen LogP contribution in [0, 0.1) is 0 Å². The number of alkyl halides is 1. The lowest BCUT2D eigenvalue weighted by molar-refractivity contribution is 0.184. The Hall–Kier alpha value is 0.390. The molecule has 0 bridgehead atoms. The van der Waals surface area contributed by atoms with Crippen LogP contribution in [0.3, 0.4) is 0 Å². The van der Waals surface area contributed by atoms with Crippen LogP contribution in [-0.2, 0) is 9.84 Å². The number of aliphatic hydroxyl groups excluding tert-OH is 1. The van der Waals surface area contributed by atoms with Crippen molar-refractivity contribution < 1.29 is 13.5 Å². The topological polar surface area (TPSA) is 54.4 Å². The molecule has 0 fully saturated rings. The Morgan fingerprint density at radius 3 is 2.09 bits per heavy atom. The van der Waals surface area contributed by atoms with Gasteiger partial charge in [0.25, 0.3) is 0 Å². The van der Waals surface area contributed by atoms with E-state index in [1.54, 1.807) is 6.92 Å². The highest BCUT2D eigenvalue weighted by atomic mass is 79.9. The maximum Gasteiger partial charge on any atom is 0.167 e. The lowest BCUT2D eigenvalue weighted by atomic mass is 10.3. The normalized spacial score (nSPS) is 20.8. The standard InChI is InChI=1S/C6H13BrO3S/c1-4-11(9,10)6(3,7)5(2)8/h5,8H,4H2,1-3H3/t5-,6+/m0/s1. The second-order valence-corrected chi connectivity index (χ2v) is 7.39. The van der Waals surface area contributed by atoms with E-state index in [4.69, 9.17) is 5.11 Å². The molecule has 0 radical (unpaired) electrons. The minimum atomic E-state index is -3.23. The molecule has 0 amide bonds. The fourth-order valence-corrected chi connectivity index (χ4v) is 2.31. The Kier molecular flexibility index (Phi) is 3.53. The third kappa shape index (κ3) is 2.16. The Bertz CT molecular complexity index is 218. The van der Waals surface area contributed by atoms with E-state index in [1.165, 1.54) is 13.8 Å². The molecular weight excluding hydrogens is 232 g/mol. The Balaban J connectivity index is 4.85. The number of rotatable bonds is 3. The smallest absolute Gasteiger partial charge is 0.167 e. The molecule has 0 saturated carbocycles. The first-order valence-electron chi connectivity index (χ1n) is 3.35. The van der Waals surface area contributed by atoms with Crippen molar-refractivity contribution in [3.63, 3.8) is 0 Å². The molecule has 3 nitrogen and oxygen atoms in total. The summed E-state index contributed by atoms with van der Waals surface area (Å²) in [4.78, 5) is 0. The van der Waals surface area contributed by atoms with Crippen molar-refractivity contribution in [2.24, 2.45) is 0 Å². The van der Waals surface area contributed by atoms with Crippen LogP contribution in [0.2, 0.25) is 0 Å². The Morgan fingerprint density at radius 2 is 2.00 bits per heavy atom.